The van der Waals surface area contributed by atoms with Gasteiger partial charge in [-0.05, 0) is 37.9 Å². The molecule has 0 amide bonds. The normalized spacial score (nSPS) is 29.2. The zero-order valence-electron chi connectivity index (χ0n) is 11.4. The van der Waals surface area contributed by atoms with Gasteiger partial charge in [0.25, 0.3) is 0 Å². The molecule has 0 radical (unpaired) electrons. The fraction of sp³-hybridized carbons (Fsp3) is 0.643. The predicted octanol–water partition coefficient (Wildman–Crippen LogP) is 0.835. The Bertz CT molecular complexity index is 445. The molecule has 0 bridgehead atoms. The molecule has 104 valence electrons. The van der Waals surface area contributed by atoms with Gasteiger partial charge in [-0.25, -0.2) is 4.98 Å². The highest BCUT2D eigenvalue weighted by Crippen LogP contribution is 2.30. The van der Waals surface area contributed by atoms with E-state index < -0.39 is 0 Å². The van der Waals surface area contributed by atoms with Crippen LogP contribution in [0, 0.1) is 6.92 Å². The lowest BCUT2D eigenvalue weighted by Crippen LogP contribution is -2.50. The number of nitrogen functional groups attached to an aromatic ring is 1. The number of rotatable bonds is 2. The summed E-state index contributed by atoms with van der Waals surface area (Å²) >= 11 is 0. The standard InChI is InChI=1S/C14H22N4O/c1-9-4-5-17-14(16)12(9)13(15)11-7-18-6-2-3-10(18)8-19-11/h4-5,10-11,13H,2-3,6-8,15H2,1H3,(H2,16,17). The largest absolute Gasteiger partial charge is 0.383 e. The minimum absolute atomic E-state index is 0.0135. The number of anilines is 1. The van der Waals surface area contributed by atoms with Crippen molar-refractivity contribution in [3.8, 4) is 0 Å². The van der Waals surface area contributed by atoms with Crippen molar-refractivity contribution in [2.75, 3.05) is 25.4 Å². The van der Waals surface area contributed by atoms with E-state index in [1.54, 1.807) is 6.20 Å². The van der Waals surface area contributed by atoms with E-state index in [1.165, 1.54) is 19.4 Å². The summed E-state index contributed by atoms with van der Waals surface area (Å²) in [4.78, 5) is 6.65. The minimum Gasteiger partial charge on any atom is -0.383 e. The van der Waals surface area contributed by atoms with E-state index in [0.29, 0.717) is 11.9 Å². The van der Waals surface area contributed by atoms with E-state index in [4.69, 9.17) is 16.2 Å². The molecule has 0 aromatic carbocycles. The number of aryl methyl sites for hydroxylation is 1. The first-order valence-electron chi connectivity index (χ1n) is 6.99. The molecule has 0 saturated carbocycles. The van der Waals surface area contributed by atoms with Gasteiger partial charge in [-0.2, -0.15) is 0 Å². The zero-order valence-corrected chi connectivity index (χ0v) is 11.4. The second-order valence-corrected chi connectivity index (χ2v) is 5.62. The average Bonchev–Trinajstić information content (AvgIpc) is 2.85. The van der Waals surface area contributed by atoms with Gasteiger partial charge >= 0.3 is 0 Å². The number of morpholine rings is 1. The lowest BCUT2D eigenvalue weighted by molar-refractivity contribution is -0.0597. The molecule has 2 aliphatic heterocycles. The van der Waals surface area contributed by atoms with Crippen LogP contribution < -0.4 is 11.5 Å². The molecule has 19 heavy (non-hydrogen) atoms. The van der Waals surface area contributed by atoms with Crippen molar-refractivity contribution in [2.24, 2.45) is 5.73 Å². The van der Waals surface area contributed by atoms with E-state index in [-0.39, 0.29) is 12.1 Å². The molecule has 1 aromatic rings. The summed E-state index contributed by atoms with van der Waals surface area (Å²) in [6.45, 7) is 4.88. The second-order valence-electron chi connectivity index (χ2n) is 5.62. The number of hydrogen-bond acceptors (Lipinski definition) is 5. The molecule has 2 aliphatic rings. The van der Waals surface area contributed by atoms with Gasteiger partial charge in [0.1, 0.15) is 5.82 Å². The number of nitrogens with two attached hydrogens (primary N) is 2. The van der Waals surface area contributed by atoms with Gasteiger partial charge in [0, 0.05) is 24.3 Å². The molecule has 0 aliphatic carbocycles. The van der Waals surface area contributed by atoms with Crippen molar-refractivity contribution in [1.82, 2.24) is 9.88 Å². The summed E-state index contributed by atoms with van der Waals surface area (Å²) in [5.41, 5.74) is 14.4. The Balaban J connectivity index is 1.78. The summed E-state index contributed by atoms with van der Waals surface area (Å²) in [7, 11) is 0. The number of ether oxygens (including phenoxy) is 1. The number of pyridine rings is 1. The molecule has 5 nitrogen and oxygen atoms in total. The monoisotopic (exact) mass is 262 g/mol. The molecule has 4 N–H and O–H groups in total. The smallest absolute Gasteiger partial charge is 0.128 e. The highest BCUT2D eigenvalue weighted by Gasteiger charge is 2.36. The third kappa shape index (κ3) is 2.33. The van der Waals surface area contributed by atoms with Crippen molar-refractivity contribution in [3.63, 3.8) is 0 Å². The Kier molecular flexibility index (Phi) is 3.43. The maximum atomic E-state index is 6.38. The van der Waals surface area contributed by atoms with Crippen LogP contribution >= 0.6 is 0 Å². The van der Waals surface area contributed by atoms with Gasteiger partial charge in [0.05, 0.1) is 18.8 Å². The van der Waals surface area contributed by atoms with Crippen LogP contribution in [0.4, 0.5) is 5.82 Å². The van der Waals surface area contributed by atoms with Crippen LogP contribution in [0.5, 0.6) is 0 Å². The summed E-state index contributed by atoms with van der Waals surface area (Å²) in [5, 5.41) is 0. The lowest BCUT2D eigenvalue weighted by Gasteiger charge is -2.38. The average molecular weight is 262 g/mol. The molecule has 3 atom stereocenters. The first-order chi connectivity index (χ1) is 9.16. The summed E-state index contributed by atoms with van der Waals surface area (Å²) in [5.74, 6) is 0.527. The van der Waals surface area contributed by atoms with Crippen molar-refractivity contribution < 1.29 is 4.74 Å². The predicted molar refractivity (Wildman–Crippen MR) is 74.6 cm³/mol. The van der Waals surface area contributed by atoms with Crippen LogP contribution in [0.15, 0.2) is 12.3 Å². The highest BCUT2D eigenvalue weighted by molar-refractivity contribution is 5.46. The van der Waals surface area contributed by atoms with Crippen LogP contribution in [-0.4, -0.2) is 41.7 Å². The maximum absolute atomic E-state index is 6.38. The van der Waals surface area contributed by atoms with E-state index in [2.05, 4.69) is 9.88 Å². The number of fused-ring (bicyclic) bond motifs is 1. The molecule has 5 heteroatoms. The van der Waals surface area contributed by atoms with Crippen LogP contribution in [0.1, 0.15) is 30.0 Å². The van der Waals surface area contributed by atoms with Crippen molar-refractivity contribution in [2.45, 2.75) is 38.0 Å². The number of nitrogens with zero attached hydrogens (tertiary/aromatic N) is 2. The SMILES string of the molecule is Cc1ccnc(N)c1C(N)C1CN2CCCC2CO1. The Morgan fingerprint density at radius 3 is 3.16 bits per heavy atom. The van der Waals surface area contributed by atoms with Crippen LogP contribution in [0.25, 0.3) is 0 Å². The summed E-state index contributed by atoms with van der Waals surface area (Å²) in [6, 6.07) is 2.35. The molecular weight excluding hydrogens is 240 g/mol. The van der Waals surface area contributed by atoms with Crippen LogP contribution in [0.3, 0.4) is 0 Å². The molecule has 3 heterocycles. The van der Waals surface area contributed by atoms with Crippen LogP contribution in [-0.2, 0) is 4.74 Å². The highest BCUT2D eigenvalue weighted by atomic mass is 16.5. The molecule has 2 fully saturated rings. The van der Waals surface area contributed by atoms with Crippen molar-refractivity contribution >= 4 is 5.82 Å². The minimum atomic E-state index is -0.199. The third-order valence-electron chi connectivity index (χ3n) is 4.39. The van der Waals surface area contributed by atoms with Gasteiger partial charge in [-0.1, -0.05) is 0 Å². The molecule has 2 saturated heterocycles. The Hall–Kier alpha value is -1.17. The molecule has 1 aromatic heterocycles. The fourth-order valence-electron chi connectivity index (χ4n) is 3.27. The Morgan fingerprint density at radius 1 is 1.53 bits per heavy atom. The molecule has 3 rings (SSSR count). The molecule has 3 unspecified atom stereocenters. The molecule has 0 spiro atoms. The summed E-state index contributed by atoms with van der Waals surface area (Å²) < 4.78 is 5.97. The quantitative estimate of drug-likeness (QED) is 0.825. The van der Waals surface area contributed by atoms with Gasteiger partial charge in [-0.15, -0.1) is 0 Å². The third-order valence-corrected chi connectivity index (χ3v) is 4.39. The van der Waals surface area contributed by atoms with Gasteiger partial charge in [0.15, 0.2) is 0 Å². The number of aromatic nitrogens is 1. The van der Waals surface area contributed by atoms with Gasteiger partial charge in [-0.3, -0.25) is 4.90 Å². The zero-order chi connectivity index (χ0) is 13.4. The maximum Gasteiger partial charge on any atom is 0.128 e. The van der Waals surface area contributed by atoms with E-state index >= 15 is 0 Å². The second kappa shape index (κ2) is 5.07. The number of hydrogen-bond donors (Lipinski definition) is 2. The van der Waals surface area contributed by atoms with Crippen molar-refractivity contribution in [1.29, 1.82) is 0 Å². The fourth-order valence-corrected chi connectivity index (χ4v) is 3.27. The van der Waals surface area contributed by atoms with E-state index in [9.17, 15) is 0 Å². The van der Waals surface area contributed by atoms with Crippen LogP contribution in [0.2, 0.25) is 0 Å². The lowest BCUT2D eigenvalue weighted by atomic mass is 9.97. The van der Waals surface area contributed by atoms with Gasteiger partial charge in [0.2, 0.25) is 0 Å². The Morgan fingerprint density at radius 2 is 2.37 bits per heavy atom. The van der Waals surface area contributed by atoms with Crippen molar-refractivity contribution in [3.05, 3.63) is 23.4 Å². The van der Waals surface area contributed by atoms with Gasteiger partial charge < -0.3 is 16.2 Å². The van der Waals surface area contributed by atoms with E-state index in [1.807, 2.05) is 13.0 Å². The Labute approximate surface area is 113 Å². The topological polar surface area (TPSA) is 77.4 Å². The summed E-state index contributed by atoms with van der Waals surface area (Å²) in [6.07, 6.45) is 4.25. The first kappa shape index (κ1) is 12.8. The van der Waals surface area contributed by atoms with E-state index in [0.717, 1.165) is 24.3 Å². The first-order valence-corrected chi connectivity index (χ1v) is 6.99. The molecular formula is C14H22N4O.